The number of hydrogen-bond acceptors (Lipinski definition) is 9. The van der Waals surface area contributed by atoms with Crippen LogP contribution in [0.5, 0.6) is 17.2 Å². The highest BCUT2D eigenvalue weighted by molar-refractivity contribution is 6.24. The Balaban J connectivity index is 1.66. The van der Waals surface area contributed by atoms with Gasteiger partial charge in [0.15, 0.2) is 17.6 Å². The van der Waals surface area contributed by atoms with Crippen molar-refractivity contribution in [3.8, 4) is 17.2 Å². The van der Waals surface area contributed by atoms with E-state index in [2.05, 4.69) is 0 Å². The van der Waals surface area contributed by atoms with Crippen LogP contribution in [0.3, 0.4) is 0 Å². The lowest BCUT2D eigenvalue weighted by Crippen LogP contribution is -2.37. The van der Waals surface area contributed by atoms with Crippen LogP contribution in [0.1, 0.15) is 24.1 Å². The first-order valence-corrected chi connectivity index (χ1v) is 12.3. The van der Waals surface area contributed by atoms with Crippen molar-refractivity contribution in [1.29, 1.82) is 0 Å². The summed E-state index contributed by atoms with van der Waals surface area (Å²) in [4.78, 5) is 45.9. The molecule has 2 aliphatic heterocycles. The number of ether oxygens (including phenoxy) is 3. The number of imide groups is 1. The van der Waals surface area contributed by atoms with Crippen molar-refractivity contribution in [2.75, 3.05) is 31.3 Å². The fourth-order valence-electron chi connectivity index (χ4n) is 5.19. The quantitative estimate of drug-likeness (QED) is 0.238. The zero-order valence-corrected chi connectivity index (χ0v) is 21.8. The smallest absolute Gasteiger partial charge is 0.271 e. The predicted molar refractivity (Wildman–Crippen MR) is 141 cm³/mol. The maximum atomic E-state index is 14.0. The average Bonchev–Trinajstić information content (AvgIpc) is 3.47. The number of methoxy groups -OCH3 is 3. The summed E-state index contributed by atoms with van der Waals surface area (Å²) in [6.45, 7) is 2.02. The second-order valence-corrected chi connectivity index (χ2v) is 9.05. The van der Waals surface area contributed by atoms with Gasteiger partial charge in [0.25, 0.3) is 11.6 Å². The maximum absolute atomic E-state index is 14.0. The fourth-order valence-corrected chi connectivity index (χ4v) is 5.19. The second kappa shape index (κ2) is 10.3. The van der Waals surface area contributed by atoms with Gasteiger partial charge in [0.05, 0.1) is 37.6 Å². The number of carbonyl (C=O) groups is 2. The lowest BCUT2D eigenvalue weighted by Gasteiger charge is -2.30. The Morgan fingerprint density at radius 1 is 0.897 bits per heavy atom. The number of nitrogens with zero attached hydrogens (tertiary/aromatic N) is 3. The number of carbonyl (C=O) groups excluding carboxylic acids is 2. The van der Waals surface area contributed by atoms with E-state index in [9.17, 15) is 19.7 Å². The van der Waals surface area contributed by atoms with Gasteiger partial charge in [-0.25, -0.2) is 9.96 Å². The minimum atomic E-state index is -1.16. The minimum Gasteiger partial charge on any atom is -0.493 e. The van der Waals surface area contributed by atoms with Gasteiger partial charge in [-0.2, -0.15) is 0 Å². The molecule has 2 aliphatic rings. The van der Waals surface area contributed by atoms with Crippen molar-refractivity contribution in [2.45, 2.75) is 25.5 Å². The van der Waals surface area contributed by atoms with Crippen LogP contribution in [0.2, 0.25) is 0 Å². The lowest BCUT2D eigenvalue weighted by molar-refractivity contribution is -0.384. The summed E-state index contributed by atoms with van der Waals surface area (Å²) < 4.78 is 16.7. The van der Waals surface area contributed by atoms with Crippen molar-refractivity contribution in [3.63, 3.8) is 0 Å². The van der Waals surface area contributed by atoms with Crippen molar-refractivity contribution >= 4 is 28.9 Å². The van der Waals surface area contributed by atoms with Crippen LogP contribution in [-0.4, -0.2) is 44.2 Å². The predicted octanol–water partition coefficient (Wildman–Crippen LogP) is 4.23. The van der Waals surface area contributed by atoms with Gasteiger partial charge >= 0.3 is 0 Å². The van der Waals surface area contributed by atoms with Crippen LogP contribution in [0.25, 0.3) is 0 Å². The molecule has 39 heavy (non-hydrogen) atoms. The molecule has 0 radical (unpaired) electrons. The molecule has 0 spiro atoms. The first kappa shape index (κ1) is 26.0. The van der Waals surface area contributed by atoms with Gasteiger partial charge in [-0.05, 0) is 42.3 Å². The van der Waals surface area contributed by atoms with Gasteiger partial charge in [0.2, 0.25) is 11.7 Å². The molecule has 2 amide bonds. The number of amides is 2. The van der Waals surface area contributed by atoms with Crippen LogP contribution >= 0.6 is 0 Å². The number of nitro groups is 1. The molecule has 0 saturated carbocycles. The summed E-state index contributed by atoms with van der Waals surface area (Å²) in [5, 5.41) is 12.9. The van der Waals surface area contributed by atoms with Crippen molar-refractivity contribution in [1.82, 2.24) is 0 Å². The van der Waals surface area contributed by atoms with E-state index in [1.54, 1.807) is 30.3 Å². The molecule has 0 bridgehead atoms. The molecular formula is C28H27N3O8. The van der Waals surface area contributed by atoms with E-state index in [1.807, 2.05) is 19.1 Å². The molecule has 0 aliphatic carbocycles. The highest BCUT2D eigenvalue weighted by Gasteiger charge is 2.61. The van der Waals surface area contributed by atoms with Crippen molar-refractivity contribution in [3.05, 3.63) is 81.9 Å². The van der Waals surface area contributed by atoms with Gasteiger partial charge in [-0.1, -0.05) is 25.1 Å². The van der Waals surface area contributed by atoms with E-state index in [4.69, 9.17) is 19.0 Å². The minimum absolute atomic E-state index is 0.165. The largest absolute Gasteiger partial charge is 0.493 e. The first-order valence-electron chi connectivity index (χ1n) is 12.3. The van der Waals surface area contributed by atoms with Crippen molar-refractivity contribution in [2.24, 2.45) is 5.92 Å². The number of benzene rings is 3. The SMILES string of the molecule is CCc1ccc(N2C(=O)[C@H]3[C@H](ON(c4cccc([N+](=O)[O-])c4)[C@H]3c3ccc(OC)c(OC)c3OC)C2=O)cc1. The summed E-state index contributed by atoms with van der Waals surface area (Å²) in [5.41, 5.74) is 2.14. The molecular weight excluding hydrogens is 506 g/mol. The zero-order chi connectivity index (χ0) is 27.8. The van der Waals surface area contributed by atoms with E-state index in [1.165, 1.54) is 44.6 Å². The van der Waals surface area contributed by atoms with E-state index >= 15 is 0 Å². The molecule has 2 fully saturated rings. The molecule has 0 aromatic heterocycles. The van der Waals surface area contributed by atoms with Gasteiger partial charge in [0.1, 0.15) is 12.0 Å². The Labute approximate surface area is 224 Å². The Morgan fingerprint density at radius 2 is 1.62 bits per heavy atom. The Morgan fingerprint density at radius 3 is 2.23 bits per heavy atom. The molecule has 3 aromatic carbocycles. The maximum Gasteiger partial charge on any atom is 0.271 e. The molecule has 0 unspecified atom stereocenters. The van der Waals surface area contributed by atoms with Gasteiger partial charge in [0, 0.05) is 17.7 Å². The Hall–Kier alpha value is -4.64. The lowest BCUT2D eigenvalue weighted by atomic mass is 9.89. The number of hydroxylamine groups is 1. The molecule has 0 N–H and O–H groups in total. The molecule has 202 valence electrons. The normalized spacial score (nSPS) is 20.3. The fraction of sp³-hybridized carbons (Fsp3) is 0.286. The molecule has 3 aromatic rings. The van der Waals surface area contributed by atoms with Crippen LogP contribution in [-0.2, 0) is 20.8 Å². The van der Waals surface area contributed by atoms with Gasteiger partial charge < -0.3 is 14.2 Å². The highest BCUT2D eigenvalue weighted by Crippen LogP contribution is 2.52. The standard InChI is InChI=1S/C28H27N3O8/c1-5-16-9-11-17(12-10-16)29-27(32)22-23(20-13-14-21(36-2)25(38-4)24(20)37-3)30(39-26(22)28(29)33)18-7-6-8-19(15-18)31(34)35/h6-15,22-23,26H,5H2,1-4H3/t22-,23+,26+/m1/s1. The molecule has 5 rings (SSSR count). The Bertz CT molecular complexity index is 1440. The number of non-ortho nitro benzene ring substituents is 1. The van der Waals surface area contributed by atoms with Crippen LogP contribution < -0.4 is 24.2 Å². The summed E-state index contributed by atoms with van der Waals surface area (Å²) in [7, 11) is 4.40. The highest BCUT2D eigenvalue weighted by atomic mass is 16.7. The first-order chi connectivity index (χ1) is 18.8. The summed E-state index contributed by atoms with van der Waals surface area (Å²) >= 11 is 0. The van der Waals surface area contributed by atoms with Crippen LogP contribution in [0.15, 0.2) is 60.7 Å². The van der Waals surface area contributed by atoms with E-state index in [0.29, 0.717) is 28.4 Å². The number of anilines is 2. The van der Waals surface area contributed by atoms with Gasteiger partial charge in [-0.3, -0.25) is 24.5 Å². The van der Waals surface area contributed by atoms with E-state index < -0.39 is 34.8 Å². The third-order valence-corrected chi connectivity index (χ3v) is 7.07. The number of fused-ring (bicyclic) bond motifs is 1. The van der Waals surface area contributed by atoms with Gasteiger partial charge in [-0.15, -0.1) is 0 Å². The third-order valence-electron chi connectivity index (χ3n) is 7.07. The molecule has 11 nitrogen and oxygen atoms in total. The third kappa shape index (κ3) is 4.20. The summed E-state index contributed by atoms with van der Waals surface area (Å²) in [6.07, 6.45) is -0.346. The molecule has 2 heterocycles. The second-order valence-electron chi connectivity index (χ2n) is 9.05. The molecule has 3 atom stereocenters. The Kier molecular flexibility index (Phi) is 6.83. The number of rotatable bonds is 8. The monoisotopic (exact) mass is 533 g/mol. The number of aryl methyl sites for hydroxylation is 1. The van der Waals surface area contributed by atoms with Crippen LogP contribution in [0, 0.1) is 16.0 Å². The topological polar surface area (TPSA) is 121 Å². The number of hydrogen-bond donors (Lipinski definition) is 0. The average molecular weight is 534 g/mol. The molecule has 2 saturated heterocycles. The van der Waals surface area contributed by atoms with Crippen molar-refractivity contribution < 1.29 is 33.6 Å². The van der Waals surface area contributed by atoms with E-state index in [0.717, 1.165) is 16.9 Å². The number of nitro benzene ring substituents is 1. The zero-order valence-electron chi connectivity index (χ0n) is 21.8. The molecule has 11 heteroatoms. The van der Waals surface area contributed by atoms with Crippen LogP contribution in [0.4, 0.5) is 17.1 Å². The summed E-state index contributed by atoms with van der Waals surface area (Å²) in [6, 6.07) is 15.5. The summed E-state index contributed by atoms with van der Waals surface area (Å²) in [5.74, 6) is -0.969. The van der Waals surface area contributed by atoms with E-state index in [-0.39, 0.29) is 11.4 Å².